The molecule has 0 spiro atoms. The van der Waals surface area contributed by atoms with Crippen LogP contribution in [0.5, 0.6) is 0 Å². The molecular weight excluding hydrogens is 340 g/mol. The number of nitrogens with one attached hydrogen (secondary N) is 1. The van der Waals surface area contributed by atoms with E-state index < -0.39 is 17.9 Å². The van der Waals surface area contributed by atoms with E-state index in [2.05, 4.69) is 5.32 Å². The fraction of sp³-hybridized carbons (Fsp3) is 0.318. The van der Waals surface area contributed by atoms with Crippen LogP contribution in [0.15, 0.2) is 42.5 Å². The Morgan fingerprint density at radius 1 is 0.963 bits per heavy atom. The summed E-state index contributed by atoms with van der Waals surface area (Å²) in [5.74, 6) is -1.01. The number of carbonyl (C=O) groups excluding carboxylic acids is 3. The van der Waals surface area contributed by atoms with Crippen molar-refractivity contribution in [3.05, 3.63) is 64.7 Å². The minimum Gasteiger partial charge on any atom is -0.324 e. The summed E-state index contributed by atoms with van der Waals surface area (Å²) in [4.78, 5) is 39.9. The molecule has 0 radical (unpaired) electrons. The third-order valence-corrected chi connectivity index (χ3v) is 5.00. The molecule has 140 valence electrons. The molecule has 1 aliphatic rings. The smallest absolute Gasteiger partial charge is 0.262 e. The predicted octanol–water partition coefficient (Wildman–Crippen LogP) is 3.95. The highest BCUT2D eigenvalue weighted by Crippen LogP contribution is 2.28. The van der Waals surface area contributed by atoms with E-state index in [0.717, 1.165) is 16.0 Å². The minimum atomic E-state index is -0.850. The molecule has 27 heavy (non-hydrogen) atoms. The number of rotatable bonds is 5. The molecule has 2 aromatic rings. The summed E-state index contributed by atoms with van der Waals surface area (Å²) in [6, 6.07) is 11.5. The molecule has 1 aliphatic heterocycles. The van der Waals surface area contributed by atoms with Crippen LogP contribution in [0.2, 0.25) is 0 Å². The van der Waals surface area contributed by atoms with Crippen LogP contribution >= 0.6 is 0 Å². The van der Waals surface area contributed by atoms with Crippen molar-refractivity contribution in [1.29, 1.82) is 0 Å². The lowest BCUT2D eigenvalue weighted by molar-refractivity contribution is -0.120. The Morgan fingerprint density at radius 3 is 2.11 bits per heavy atom. The highest BCUT2D eigenvalue weighted by Gasteiger charge is 2.42. The zero-order valence-corrected chi connectivity index (χ0v) is 16.1. The molecule has 0 bridgehead atoms. The molecule has 5 heteroatoms. The van der Waals surface area contributed by atoms with E-state index in [1.807, 2.05) is 45.9 Å². The van der Waals surface area contributed by atoms with Crippen LogP contribution in [-0.2, 0) is 4.79 Å². The van der Waals surface area contributed by atoms with Gasteiger partial charge in [0.1, 0.15) is 6.04 Å². The van der Waals surface area contributed by atoms with Gasteiger partial charge in [0.25, 0.3) is 11.8 Å². The zero-order chi connectivity index (χ0) is 19.7. The highest BCUT2D eigenvalue weighted by molar-refractivity contribution is 6.23. The summed E-state index contributed by atoms with van der Waals surface area (Å²) in [7, 11) is 0. The predicted molar refractivity (Wildman–Crippen MR) is 105 cm³/mol. The van der Waals surface area contributed by atoms with E-state index in [1.165, 1.54) is 0 Å². The summed E-state index contributed by atoms with van der Waals surface area (Å²) < 4.78 is 0. The molecule has 1 heterocycles. The lowest BCUT2D eigenvalue weighted by Crippen LogP contribution is -2.48. The molecule has 0 saturated heterocycles. The third kappa shape index (κ3) is 3.50. The molecule has 1 atom stereocenters. The molecule has 0 aliphatic carbocycles. The van der Waals surface area contributed by atoms with Gasteiger partial charge in [0.15, 0.2) is 0 Å². The van der Waals surface area contributed by atoms with Crippen LogP contribution in [0.25, 0.3) is 0 Å². The summed E-state index contributed by atoms with van der Waals surface area (Å²) in [5.41, 5.74) is 3.45. The summed E-state index contributed by atoms with van der Waals surface area (Å²) in [5, 5.41) is 2.92. The van der Waals surface area contributed by atoms with Gasteiger partial charge in [0, 0.05) is 5.69 Å². The monoisotopic (exact) mass is 364 g/mol. The maximum atomic E-state index is 13.1. The van der Waals surface area contributed by atoms with Gasteiger partial charge in [0.2, 0.25) is 5.91 Å². The van der Waals surface area contributed by atoms with Gasteiger partial charge in [-0.3, -0.25) is 19.3 Å². The lowest BCUT2D eigenvalue weighted by atomic mass is 10.0. The number of carbonyl (C=O) groups is 3. The van der Waals surface area contributed by atoms with Gasteiger partial charge < -0.3 is 5.32 Å². The van der Waals surface area contributed by atoms with Gasteiger partial charge in [-0.2, -0.15) is 0 Å². The van der Waals surface area contributed by atoms with Crippen molar-refractivity contribution in [2.75, 3.05) is 5.32 Å². The van der Waals surface area contributed by atoms with Gasteiger partial charge in [-0.1, -0.05) is 38.1 Å². The van der Waals surface area contributed by atoms with Crippen LogP contribution in [0.3, 0.4) is 0 Å². The van der Waals surface area contributed by atoms with Crippen molar-refractivity contribution in [3.63, 3.8) is 0 Å². The maximum Gasteiger partial charge on any atom is 0.262 e. The van der Waals surface area contributed by atoms with Gasteiger partial charge in [-0.05, 0) is 55.5 Å². The Bertz CT molecular complexity index is 883. The average molecular weight is 364 g/mol. The standard InChI is InChI=1S/C22H24N2O3/c1-13(2)12-19(20(25)23-18-11-7-8-14(3)15(18)4)24-21(26)16-9-5-6-10-17(16)22(24)27/h5-11,13,19H,12H2,1-4H3,(H,23,25)/t19-/m0/s1. The number of imide groups is 1. The first-order valence-corrected chi connectivity index (χ1v) is 9.15. The van der Waals surface area contributed by atoms with E-state index in [4.69, 9.17) is 0 Å². The number of nitrogens with zero attached hydrogens (tertiary/aromatic N) is 1. The molecule has 0 unspecified atom stereocenters. The van der Waals surface area contributed by atoms with Crippen LogP contribution in [0.4, 0.5) is 5.69 Å². The lowest BCUT2D eigenvalue weighted by Gasteiger charge is -2.27. The Morgan fingerprint density at radius 2 is 1.56 bits per heavy atom. The second-order valence-electron chi connectivity index (χ2n) is 7.41. The normalized spacial score (nSPS) is 14.5. The first-order valence-electron chi connectivity index (χ1n) is 9.15. The Kier molecular flexibility index (Phi) is 5.13. The molecular formula is C22H24N2O3. The molecule has 3 rings (SSSR count). The van der Waals surface area contributed by atoms with E-state index in [9.17, 15) is 14.4 Å². The Hall–Kier alpha value is -2.95. The topological polar surface area (TPSA) is 66.5 Å². The van der Waals surface area contributed by atoms with E-state index in [0.29, 0.717) is 23.2 Å². The number of hydrogen-bond acceptors (Lipinski definition) is 3. The average Bonchev–Trinajstić information content (AvgIpc) is 2.88. The number of anilines is 1. The van der Waals surface area contributed by atoms with Crippen LogP contribution in [-0.4, -0.2) is 28.7 Å². The Balaban J connectivity index is 1.93. The maximum absolute atomic E-state index is 13.1. The molecule has 0 fully saturated rings. The van der Waals surface area contributed by atoms with Gasteiger partial charge in [-0.15, -0.1) is 0 Å². The Labute approximate surface area is 159 Å². The fourth-order valence-electron chi connectivity index (χ4n) is 3.37. The third-order valence-electron chi connectivity index (χ3n) is 5.00. The number of fused-ring (bicyclic) bond motifs is 1. The molecule has 0 saturated carbocycles. The zero-order valence-electron chi connectivity index (χ0n) is 16.1. The van der Waals surface area contributed by atoms with Crippen molar-refractivity contribution in [3.8, 4) is 0 Å². The molecule has 5 nitrogen and oxygen atoms in total. The number of amides is 3. The number of benzene rings is 2. The fourth-order valence-corrected chi connectivity index (χ4v) is 3.37. The van der Waals surface area contributed by atoms with Crippen LogP contribution < -0.4 is 5.32 Å². The first-order chi connectivity index (χ1) is 12.8. The summed E-state index contributed by atoms with van der Waals surface area (Å²) in [6.45, 7) is 7.85. The molecule has 1 N–H and O–H groups in total. The van der Waals surface area contributed by atoms with E-state index >= 15 is 0 Å². The minimum absolute atomic E-state index is 0.142. The van der Waals surface area contributed by atoms with Crippen molar-refractivity contribution in [1.82, 2.24) is 4.90 Å². The first kappa shape index (κ1) is 18.8. The highest BCUT2D eigenvalue weighted by atomic mass is 16.2. The van der Waals surface area contributed by atoms with Crippen LogP contribution in [0, 0.1) is 19.8 Å². The molecule has 0 aromatic heterocycles. The quantitative estimate of drug-likeness (QED) is 0.817. The summed E-state index contributed by atoms with van der Waals surface area (Å²) in [6.07, 6.45) is 0.405. The van der Waals surface area contributed by atoms with E-state index in [1.54, 1.807) is 24.3 Å². The second-order valence-corrected chi connectivity index (χ2v) is 7.41. The van der Waals surface area contributed by atoms with Crippen molar-refractivity contribution in [2.45, 2.75) is 40.2 Å². The summed E-state index contributed by atoms with van der Waals surface area (Å²) >= 11 is 0. The number of aryl methyl sites for hydroxylation is 1. The van der Waals surface area contributed by atoms with Gasteiger partial charge >= 0.3 is 0 Å². The van der Waals surface area contributed by atoms with Crippen LogP contribution in [0.1, 0.15) is 52.1 Å². The van der Waals surface area contributed by atoms with Gasteiger partial charge in [-0.25, -0.2) is 0 Å². The van der Waals surface area contributed by atoms with Crippen molar-refractivity contribution < 1.29 is 14.4 Å². The number of hydrogen-bond donors (Lipinski definition) is 1. The van der Waals surface area contributed by atoms with E-state index in [-0.39, 0.29) is 11.8 Å². The van der Waals surface area contributed by atoms with Crippen molar-refractivity contribution >= 4 is 23.4 Å². The molecule has 3 amide bonds. The largest absolute Gasteiger partial charge is 0.324 e. The second kappa shape index (κ2) is 7.35. The van der Waals surface area contributed by atoms with Gasteiger partial charge in [0.05, 0.1) is 11.1 Å². The van der Waals surface area contributed by atoms with Crippen molar-refractivity contribution in [2.24, 2.45) is 5.92 Å². The molecule has 2 aromatic carbocycles. The SMILES string of the molecule is Cc1cccc(NC(=O)[C@H](CC(C)C)N2C(=O)c3ccccc3C2=O)c1C.